The zero-order chi connectivity index (χ0) is 65.3. The third kappa shape index (κ3) is 18.6. The molecule has 9 nitrogen and oxygen atoms in total. The Bertz CT molecular complexity index is 4140. The SMILES string of the molecule is COc1ccc2c(-c3ccc(OCCN4CCCC4)cc3)c(-c3ccccc3)ccc2c1.COc1ccc2c(c1)CCC(c1ccccc1)=C2c1ccc(OCCN2CCCC2)cc1.COc1ccc2c(c1)CCC(c1ccccc1)C2c1ccc(OCCN2CCCC2)cc1.Cl.Cl.Cl. The molecule has 2 atom stereocenters. The van der Waals surface area contributed by atoms with Gasteiger partial charge in [0.15, 0.2) is 0 Å². The molecule has 0 N–H and O–H groups in total. The van der Waals surface area contributed by atoms with Crippen molar-refractivity contribution in [3.05, 3.63) is 275 Å². The third-order valence-corrected chi connectivity index (χ3v) is 20.2. The van der Waals surface area contributed by atoms with E-state index in [2.05, 4.69) is 239 Å². The second-order valence-electron chi connectivity index (χ2n) is 26.1. The molecule has 10 aromatic carbocycles. The average Bonchev–Trinajstić information content (AvgIpc) is 1.04. The number of aryl methyl sites for hydroxylation is 2. The summed E-state index contributed by atoms with van der Waals surface area (Å²) in [7, 11) is 5.19. The Morgan fingerprint density at radius 2 is 0.798 bits per heavy atom. The molecule has 2 unspecified atom stereocenters. The fourth-order valence-corrected chi connectivity index (χ4v) is 15.1. The Kier molecular flexibility index (Phi) is 27.2. The van der Waals surface area contributed by atoms with Crippen LogP contribution in [-0.2, 0) is 12.8 Å². The summed E-state index contributed by atoms with van der Waals surface area (Å²) in [6, 6.07) is 82.2. The summed E-state index contributed by atoms with van der Waals surface area (Å²) >= 11 is 0. The molecule has 516 valence electrons. The summed E-state index contributed by atoms with van der Waals surface area (Å²) in [5.41, 5.74) is 18.4. The molecule has 12 heteroatoms. The van der Waals surface area contributed by atoms with Crippen molar-refractivity contribution < 1.29 is 28.4 Å². The predicted molar refractivity (Wildman–Crippen MR) is 416 cm³/mol. The molecule has 99 heavy (non-hydrogen) atoms. The summed E-state index contributed by atoms with van der Waals surface area (Å²) < 4.78 is 34.6. The molecule has 5 aliphatic rings. The van der Waals surface area contributed by atoms with Crippen LogP contribution < -0.4 is 28.4 Å². The van der Waals surface area contributed by atoms with Gasteiger partial charge in [-0.1, -0.05) is 158 Å². The van der Waals surface area contributed by atoms with E-state index < -0.39 is 0 Å². The second-order valence-corrected chi connectivity index (χ2v) is 26.1. The first kappa shape index (κ1) is 73.5. The highest BCUT2D eigenvalue weighted by Crippen LogP contribution is 2.48. The molecule has 0 radical (unpaired) electrons. The van der Waals surface area contributed by atoms with Crippen LogP contribution in [0.3, 0.4) is 0 Å². The zero-order valence-corrected chi connectivity index (χ0v) is 60.1. The minimum Gasteiger partial charge on any atom is -0.497 e. The van der Waals surface area contributed by atoms with E-state index in [1.54, 1.807) is 21.3 Å². The summed E-state index contributed by atoms with van der Waals surface area (Å²) in [4.78, 5) is 7.45. The fraction of sp³-hybridized carbons (Fsp3) is 0.310. The van der Waals surface area contributed by atoms with Crippen molar-refractivity contribution in [2.75, 3.05) is 100 Å². The zero-order valence-electron chi connectivity index (χ0n) is 57.7. The van der Waals surface area contributed by atoms with Gasteiger partial charge in [-0.3, -0.25) is 14.7 Å². The van der Waals surface area contributed by atoms with E-state index in [-0.39, 0.29) is 37.2 Å². The van der Waals surface area contributed by atoms with E-state index in [9.17, 15) is 0 Å². The van der Waals surface area contributed by atoms with Gasteiger partial charge in [0.05, 0.1) is 21.3 Å². The van der Waals surface area contributed by atoms with Crippen molar-refractivity contribution >= 4 is 59.1 Å². The lowest BCUT2D eigenvalue weighted by molar-refractivity contribution is 0.237. The van der Waals surface area contributed by atoms with Gasteiger partial charge in [0.25, 0.3) is 0 Å². The van der Waals surface area contributed by atoms with Gasteiger partial charge >= 0.3 is 0 Å². The molecular formula is C87H96Cl3N3O6. The third-order valence-electron chi connectivity index (χ3n) is 20.2. The first-order valence-electron chi connectivity index (χ1n) is 35.2. The summed E-state index contributed by atoms with van der Waals surface area (Å²) in [5.74, 6) is 6.39. The summed E-state index contributed by atoms with van der Waals surface area (Å²) in [5, 5.41) is 2.39. The minimum atomic E-state index is 0. The molecule has 3 fully saturated rings. The smallest absolute Gasteiger partial charge is 0.119 e. The Hall–Kier alpha value is -8.25. The molecule has 0 aromatic heterocycles. The Labute approximate surface area is 606 Å². The average molecular weight is 1390 g/mol. The normalized spacial score (nSPS) is 16.4. The van der Waals surface area contributed by atoms with Gasteiger partial charge in [-0.05, 0) is 271 Å². The molecule has 10 aromatic rings. The standard InChI is InChI=1S/C29H33NO2.C29H31NO2.C29H29NO2.3ClH/c3*1-31-26-14-16-28-24(21-26)11-15-27(22-7-3-2-4-8-22)29(28)23-9-12-25(13-10-23)32-20-19-30-17-5-6-18-30;;;/h2-4,7-10,12-14,16,21,27,29H,5-6,11,15,17-20H2,1H3;2-4,7-10,12-14,16,21H,5-6,11,15,17-20H2,1H3;2-4,7-16,21H,5-6,17-20H2,1H3;3*1H. The van der Waals surface area contributed by atoms with Crippen molar-refractivity contribution in [1.82, 2.24) is 14.7 Å². The highest BCUT2D eigenvalue weighted by atomic mass is 35.5. The topological polar surface area (TPSA) is 65.1 Å². The number of nitrogens with zero attached hydrogens (tertiary/aromatic N) is 3. The van der Waals surface area contributed by atoms with Crippen molar-refractivity contribution in [2.24, 2.45) is 0 Å². The number of hydrogen-bond acceptors (Lipinski definition) is 9. The van der Waals surface area contributed by atoms with E-state index >= 15 is 0 Å². The van der Waals surface area contributed by atoms with Crippen LogP contribution in [0.25, 0.3) is 44.2 Å². The van der Waals surface area contributed by atoms with Crippen LogP contribution in [0.2, 0.25) is 0 Å². The van der Waals surface area contributed by atoms with Crippen LogP contribution in [0.1, 0.15) is 108 Å². The number of likely N-dealkylation sites (tertiary alicyclic amines) is 3. The number of fused-ring (bicyclic) bond motifs is 3. The fourth-order valence-electron chi connectivity index (χ4n) is 15.1. The number of ether oxygens (including phenoxy) is 6. The highest BCUT2D eigenvalue weighted by Gasteiger charge is 2.33. The quantitative estimate of drug-likeness (QED) is 0.0700. The Balaban J connectivity index is 0.000000158. The van der Waals surface area contributed by atoms with Crippen LogP contribution in [0.15, 0.2) is 231 Å². The van der Waals surface area contributed by atoms with E-state index in [0.717, 1.165) is 99.6 Å². The van der Waals surface area contributed by atoms with Crippen LogP contribution in [-0.4, -0.2) is 115 Å². The maximum absolute atomic E-state index is 6.06. The largest absolute Gasteiger partial charge is 0.497 e. The van der Waals surface area contributed by atoms with E-state index in [1.807, 2.05) is 6.07 Å². The number of rotatable bonds is 21. The van der Waals surface area contributed by atoms with Crippen molar-refractivity contribution in [3.8, 4) is 56.8 Å². The molecule has 0 amide bonds. The number of benzene rings is 10. The molecule has 0 spiro atoms. The van der Waals surface area contributed by atoms with E-state index in [1.165, 1.54) is 166 Å². The molecule has 0 bridgehead atoms. The van der Waals surface area contributed by atoms with E-state index in [4.69, 9.17) is 28.4 Å². The molecule has 3 saturated heterocycles. The Morgan fingerprint density at radius 1 is 0.354 bits per heavy atom. The minimum absolute atomic E-state index is 0. The molecule has 15 rings (SSSR count). The lowest BCUT2D eigenvalue weighted by atomic mass is 9.69. The number of allylic oxidation sites excluding steroid dienone is 1. The number of hydrogen-bond donors (Lipinski definition) is 0. The van der Waals surface area contributed by atoms with Gasteiger partial charge in [-0.25, -0.2) is 0 Å². The first-order valence-corrected chi connectivity index (χ1v) is 35.2. The predicted octanol–water partition coefficient (Wildman–Crippen LogP) is 20.0. The van der Waals surface area contributed by atoms with E-state index in [0.29, 0.717) is 11.8 Å². The molecule has 3 heterocycles. The Morgan fingerprint density at radius 3 is 1.33 bits per heavy atom. The van der Waals surface area contributed by atoms with Gasteiger partial charge in [0.1, 0.15) is 54.3 Å². The van der Waals surface area contributed by atoms with Crippen LogP contribution in [0.4, 0.5) is 0 Å². The lowest BCUT2D eigenvalue weighted by Gasteiger charge is -2.35. The highest BCUT2D eigenvalue weighted by molar-refractivity contribution is 6.05. The molecule has 0 saturated carbocycles. The van der Waals surface area contributed by atoms with Gasteiger partial charge in [-0.15, -0.1) is 37.2 Å². The number of halogens is 3. The van der Waals surface area contributed by atoms with Crippen molar-refractivity contribution in [2.45, 2.75) is 76.0 Å². The molecule has 2 aliphatic carbocycles. The van der Waals surface area contributed by atoms with Gasteiger partial charge < -0.3 is 28.4 Å². The lowest BCUT2D eigenvalue weighted by Crippen LogP contribution is -2.25. The van der Waals surface area contributed by atoms with Gasteiger partial charge in [0.2, 0.25) is 0 Å². The summed E-state index contributed by atoms with van der Waals surface area (Å²) in [6.45, 7) is 12.6. The molecular weight excluding hydrogens is 1290 g/mol. The second kappa shape index (κ2) is 36.7. The van der Waals surface area contributed by atoms with Gasteiger partial charge in [0, 0.05) is 25.6 Å². The van der Waals surface area contributed by atoms with Crippen LogP contribution in [0, 0.1) is 0 Å². The van der Waals surface area contributed by atoms with Crippen molar-refractivity contribution in [1.29, 1.82) is 0 Å². The first-order chi connectivity index (χ1) is 47.4. The van der Waals surface area contributed by atoms with Crippen LogP contribution in [0.5, 0.6) is 34.5 Å². The maximum Gasteiger partial charge on any atom is 0.119 e. The monoisotopic (exact) mass is 1380 g/mol. The molecule has 3 aliphatic heterocycles. The van der Waals surface area contributed by atoms with Gasteiger partial charge in [-0.2, -0.15) is 0 Å². The summed E-state index contributed by atoms with van der Waals surface area (Å²) in [6.07, 6.45) is 12.2. The van der Waals surface area contributed by atoms with Crippen LogP contribution >= 0.6 is 37.2 Å². The maximum atomic E-state index is 6.06. The van der Waals surface area contributed by atoms with Crippen molar-refractivity contribution in [3.63, 3.8) is 0 Å². The number of methoxy groups -OCH3 is 3.